The van der Waals surface area contributed by atoms with Crippen LogP contribution in [0.25, 0.3) is 0 Å². The summed E-state index contributed by atoms with van der Waals surface area (Å²) in [4.78, 5) is 17.8. The van der Waals surface area contributed by atoms with E-state index in [1.54, 1.807) is 11.1 Å². The van der Waals surface area contributed by atoms with E-state index in [2.05, 4.69) is 54.8 Å². The molecule has 30 heavy (non-hydrogen) atoms. The highest BCUT2D eigenvalue weighted by Gasteiger charge is 2.53. The fraction of sp³-hybridized carbons (Fsp3) is 0.654. The summed E-state index contributed by atoms with van der Waals surface area (Å²) in [7, 11) is 0. The van der Waals surface area contributed by atoms with Crippen LogP contribution >= 0.6 is 0 Å². The fourth-order valence-electron chi connectivity index (χ4n) is 6.61. The van der Waals surface area contributed by atoms with Crippen LogP contribution in [0.5, 0.6) is 0 Å². The Morgan fingerprint density at radius 1 is 1.17 bits per heavy atom. The summed E-state index contributed by atoms with van der Waals surface area (Å²) in [6, 6.07) is 8.78. The fourth-order valence-corrected chi connectivity index (χ4v) is 6.61. The van der Waals surface area contributed by atoms with Crippen LogP contribution in [-0.4, -0.2) is 49.7 Å². The van der Waals surface area contributed by atoms with Gasteiger partial charge in [-0.2, -0.15) is 0 Å². The van der Waals surface area contributed by atoms with Crippen LogP contribution in [0.3, 0.4) is 0 Å². The molecule has 5 rings (SSSR count). The molecule has 1 saturated carbocycles. The minimum absolute atomic E-state index is 0.0484. The minimum Gasteiger partial charge on any atom is -0.462 e. The predicted molar refractivity (Wildman–Crippen MR) is 121 cm³/mol. The van der Waals surface area contributed by atoms with Gasteiger partial charge in [-0.25, -0.2) is 0 Å². The smallest absolute Gasteiger partial charge is 0.310 e. The third-order valence-electron chi connectivity index (χ3n) is 8.37. The summed E-state index contributed by atoms with van der Waals surface area (Å²) in [6.45, 7) is 11.9. The Bertz CT molecular complexity index is 854. The summed E-state index contributed by atoms with van der Waals surface area (Å²) in [5.74, 6) is 0.488. The topological polar surface area (TPSA) is 32.8 Å². The van der Waals surface area contributed by atoms with Crippen molar-refractivity contribution >= 4 is 11.7 Å². The Morgan fingerprint density at radius 3 is 2.73 bits per heavy atom. The van der Waals surface area contributed by atoms with Crippen LogP contribution < -0.4 is 4.90 Å². The number of benzene rings is 1. The lowest BCUT2D eigenvalue weighted by molar-refractivity contribution is -0.145. The first-order chi connectivity index (χ1) is 14.4. The molecule has 0 bridgehead atoms. The van der Waals surface area contributed by atoms with E-state index in [9.17, 15) is 4.79 Å². The number of hydrogen-bond donors (Lipinski definition) is 0. The lowest BCUT2D eigenvalue weighted by Crippen LogP contribution is -2.49. The Balaban J connectivity index is 1.24. The van der Waals surface area contributed by atoms with E-state index in [-0.39, 0.29) is 23.4 Å². The van der Waals surface area contributed by atoms with E-state index in [0.717, 1.165) is 45.6 Å². The first kappa shape index (κ1) is 20.1. The number of piperazine rings is 1. The van der Waals surface area contributed by atoms with E-state index in [0.29, 0.717) is 5.92 Å². The lowest BCUT2D eigenvalue weighted by atomic mass is 9.59. The summed E-state index contributed by atoms with van der Waals surface area (Å²) in [5, 5.41) is 0. The molecule has 0 N–H and O–H groups in total. The molecule has 4 nitrogen and oxygen atoms in total. The van der Waals surface area contributed by atoms with Gasteiger partial charge in [0.15, 0.2) is 0 Å². The molecule has 0 unspecified atom stereocenters. The number of nitrogens with zero attached hydrogens (tertiary/aromatic N) is 2. The zero-order chi connectivity index (χ0) is 20.9. The Kier molecular flexibility index (Phi) is 5.17. The molecule has 1 aromatic carbocycles. The minimum atomic E-state index is 0.0484. The molecule has 0 aromatic heterocycles. The number of anilines is 1. The highest BCUT2D eigenvalue weighted by atomic mass is 16.6. The van der Waals surface area contributed by atoms with E-state index in [4.69, 9.17) is 4.74 Å². The Morgan fingerprint density at radius 2 is 1.97 bits per heavy atom. The molecule has 162 valence electrons. The molecule has 0 radical (unpaired) electrons. The van der Waals surface area contributed by atoms with Crippen molar-refractivity contribution in [3.05, 3.63) is 41.0 Å². The van der Waals surface area contributed by atoms with Crippen molar-refractivity contribution in [2.24, 2.45) is 17.3 Å². The summed E-state index contributed by atoms with van der Waals surface area (Å²) >= 11 is 0. The molecule has 4 atom stereocenters. The molecule has 1 aromatic rings. The van der Waals surface area contributed by atoms with Crippen LogP contribution in [-0.2, 0) is 9.53 Å². The number of hydrogen-bond acceptors (Lipinski definition) is 4. The number of aryl methyl sites for hydroxylation is 1. The van der Waals surface area contributed by atoms with Gasteiger partial charge in [-0.1, -0.05) is 30.2 Å². The zero-order valence-electron chi connectivity index (χ0n) is 18.8. The predicted octanol–water partition coefficient (Wildman–Crippen LogP) is 4.58. The van der Waals surface area contributed by atoms with Gasteiger partial charge in [-0.05, 0) is 69.1 Å². The van der Waals surface area contributed by atoms with Crippen molar-refractivity contribution in [1.29, 1.82) is 0 Å². The molecule has 0 amide bonds. The van der Waals surface area contributed by atoms with Crippen molar-refractivity contribution in [1.82, 2.24) is 4.90 Å². The standard InChI is InChI=1S/C26H36N2O2/c1-18-6-4-8-20(14-18)28-12-10-27(11-13-28)17-22-21-15-23-19(2)7-5-9-26(23,3)16-24(21)30-25(22)29/h4,6,8,14,21-22,24H,5,7,9-13,15-17H2,1-3H3/t21-,22+,24+,26+/m0/s1. The van der Waals surface area contributed by atoms with Crippen molar-refractivity contribution in [2.75, 3.05) is 37.6 Å². The van der Waals surface area contributed by atoms with Gasteiger partial charge in [-0.3, -0.25) is 9.69 Å². The highest BCUT2D eigenvalue weighted by Crippen LogP contribution is 2.55. The Hall–Kier alpha value is -1.81. The van der Waals surface area contributed by atoms with E-state index in [1.165, 1.54) is 30.5 Å². The molecule has 2 aliphatic carbocycles. The second kappa shape index (κ2) is 7.71. The summed E-state index contributed by atoms with van der Waals surface area (Å²) in [6.07, 6.45) is 6.02. The normalized spacial score (nSPS) is 34.6. The van der Waals surface area contributed by atoms with Gasteiger partial charge in [0.1, 0.15) is 6.10 Å². The average molecular weight is 409 g/mol. The van der Waals surface area contributed by atoms with Gasteiger partial charge in [0.25, 0.3) is 0 Å². The van der Waals surface area contributed by atoms with Gasteiger partial charge < -0.3 is 9.64 Å². The third-order valence-corrected chi connectivity index (χ3v) is 8.37. The van der Waals surface area contributed by atoms with Crippen molar-refractivity contribution in [3.63, 3.8) is 0 Å². The first-order valence-electron chi connectivity index (χ1n) is 11.9. The van der Waals surface area contributed by atoms with Crippen LogP contribution in [0.1, 0.15) is 51.5 Å². The molecule has 2 aliphatic heterocycles. The second-order valence-corrected chi connectivity index (χ2v) is 10.5. The van der Waals surface area contributed by atoms with Gasteiger partial charge in [0, 0.05) is 44.3 Å². The number of carbonyl (C=O) groups is 1. The molecule has 4 aliphatic rings. The molecular weight excluding hydrogens is 372 g/mol. The molecule has 2 heterocycles. The molecule has 4 heteroatoms. The van der Waals surface area contributed by atoms with Crippen molar-refractivity contribution < 1.29 is 9.53 Å². The Labute approximate surface area is 181 Å². The third kappa shape index (κ3) is 3.57. The molecule has 2 saturated heterocycles. The van der Waals surface area contributed by atoms with Crippen LogP contribution in [0.4, 0.5) is 5.69 Å². The number of esters is 1. The maximum absolute atomic E-state index is 12.9. The second-order valence-electron chi connectivity index (χ2n) is 10.5. The van der Waals surface area contributed by atoms with Crippen LogP contribution in [0.15, 0.2) is 35.4 Å². The van der Waals surface area contributed by atoms with Crippen LogP contribution in [0, 0.1) is 24.2 Å². The van der Waals surface area contributed by atoms with E-state index < -0.39 is 0 Å². The molecule has 3 fully saturated rings. The quantitative estimate of drug-likeness (QED) is 0.542. The SMILES string of the molecule is CC1=C2C[C@@H]3[C@@H](C[C@@]2(C)CCC1)OC(=O)[C@@H]3CN1CCN(c2cccc(C)c2)CC1. The van der Waals surface area contributed by atoms with Gasteiger partial charge in [-0.15, -0.1) is 0 Å². The van der Waals surface area contributed by atoms with Gasteiger partial charge >= 0.3 is 5.97 Å². The average Bonchev–Trinajstić information content (AvgIpc) is 3.01. The first-order valence-corrected chi connectivity index (χ1v) is 11.9. The number of carbonyl (C=O) groups excluding carboxylic acids is 1. The van der Waals surface area contributed by atoms with Crippen molar-refractivity contribution in [3.8, 4) is 0 Å². The number of allylic oxidation sites excluding steroid dienone is 2. The number of ether oxygens (including phenoxy) is 1. The molecular formula is C26H36N2O2. The van der Waals surface area contributed by atoms with E-state index >= 15 is 0 Å². The largest absolute Gasteiger partial charge is 0.462 e. The van der Waals surface area contributed by atoms with Crippen LogP contribution in [0.2, 0.25) is 0 Å². The monoisotopic (exact) mass is 408 g/mol. The van der Waals surface area contributed by atoms with E-state index in [1.807, 2.05) is 0 Å². The van der Waals surface area contributed by atoms with Crippen molar-refractivity contribution in [2.45, 2.75) is 59.0 Å². The van der Waals surface area contributed by atoms with Gasteiger partial charge in [0.2, 0.25) is 0 Å². The highest BCUT2D eigenvalue weighted by molar-refractivity contribution is 5.76. The summed E-state index contributed by atoms with van der Waals surface area (Å²) < 4.78 is 5.97. The number of rotatable bonds is 3. The maximum Gasteiger partial charge on any atom is 0.310 e. The summed E-state index contributed by atoms with van der Waals surface area (Å²) in [5.41, 5.74) is 6.14. The molecule has 0 spiro atoms. The zero-order valence-corrected chi connectivity index (χ0v) is 18.8. The number of fused-ring (bicyclic) bond motifs is 2. The maximum atomic E-state index is 12.9. The lowest BCUT2D eigenvalue weighted by Gasteiger charge is -2.46. The van der Waals surface area contributed by atoms with Gasteiger partial charge in [0.05, 0.1) is 5.92 Å².